The summed E-state index contributed by atoms with van der Waals surface area (Å²) in [6.45, 7) is 4.82. The summed E-state index contributed by atoms with van der Waals surface area (Å²) in [4.78, 5) is 25.0. The maximum absolute atomic E-state index is 12.9. The Hall–Kier alpha value is -2.45. The summed E-state index contributed by atoms with van der Waals surface area (Å²) in [5.41, 5.74) is 1.74. The van der Waals surface area contributed by atoms with Gasteiger partial charge in [0.2, 0.25) is 5.91 Å². The molecule has 0 saturated carbocycles. The van der Waals surface area contributed by atoms with E-state index in [1.54, 1.807) is 18.2 Å². The second-order valence-electron chi connectivity index (χ2n) is 8.04. The first kappa shape index (κ1) is 27.8. The van der Waals surface area contributed by atoms with E-state index in [0.29, 0.717) is 35.7 Å². The van der Waals surface area contributed by atoms with Gasteiger partial charge in [-0.25, -0.2) is 0 Å². The fourth-order valence-corrected chi connectivity index (χ4v) is 3.85. The highest BCUT2D eigenvalue weighted by molar-refractivity contribution is 9.10. The third-order valence-electron chi connectivity index (χ3n) is 5.08. The molecule has 0 aliphatic heterocycles. The van der Waals surface area contributed by atoms with E-state index in [0.717, 1.165) is 43.0 Å². The van der Waals surface area contributed by atoms with Crippen molar-refractivity contribution in [1.29, 1.82) is 0 Å². The summed E-state index contributed by atoms with van der Waals surface area (Å²) in [6, 6.07) is 12.6. The van der Waals surface area contributed by atoms with Crippen molar-refractivity contribution in [3.8, 4) is 5.75 Å². The molecule has 0 aromatic heterocycles. The normalized spacial score (nSPS) is 10.4. The number of amides is 2. The molecule has 0 aliphatic rings. The van der Waals surface area contributed by atoms with E-state index in [-0.39, 0.29) is 16.9 Å². The van der Waals surface area contributed by atoms with Gasteiger partial charge in [0.1, 0.15) is 5.75 Å². The lowest BCUT2D eigenvalue weighted by Crippen LogP contribution is -2.34. The summed E-state index contributed by atoms with van der Waals surface area (Å²) < 4.78 is 6.64. The molecule has 3 N–H and O–H groups in total. The molecule has 0 heterocycles. The fraction of sp³-hybridized carbons (Fsp3) is 0.423. The largest absolute Gasteiger partial charge is 0.493 e. The molecule has 0 unspecified atom stereocenters. The van der Waals surface area contributed by atoms with Gasteiger partial charge in [-0.15, -0.1) is 0 Å². The van der Waals surface area contributed by atoms with Gasteiger partial charge in [0, 0.05) is 22.3 Å². The van der Waals surface area contributed by atoms with Crippen molar-refractivity contribution in [2.45, 2.75) is 65.2 Å². The number of rotatable bonds is 13. The van der Waals surface area contributed by atoms with Crippen LogP contribution in [0.5, 0.6) is 5.75 Å². The van der Waals surface area contributed by atoms with Gasteiger partial charge in [0.25, 0.3) is 5.91 Å². The Balaban J connectivity index is 1.94. The molecule has 184 valence electrons. The number of carbonyl (C=O) groups is 2. The Labute approximate surface area is 216 Å². The molecule has 8 heteroatoms. The molecule has 0 atom stereocenters. The highest BCUT2D eigenvalue weighted by Gasteiger charge is 2.15. The Kier molecular flexibility index (Phi) is 12.6. The molecule has 6 nitrogen and oxygen atoms in total. The van der Waals surface area contributed by atoms with Crippen molar-refractivity contribution in [1.82, 2.24) is 5.32 Å². The van der Waals surface area contributed by atoms with Gasteiger partial charge in [0.15, 0.2) is 5.11 Å². The highest BCUT2D eigenvalue weighted by Crippen LogP contribution is 2.24. The topological polar surface area (TPSA) is 79.5 Å². The van der Waals surface area contributed by atoms with E-state index in [2.05, 4.69) is 45.7 Å². The third kappa shape index (κ3) is 10.2. The molecule has 0 saturated heterocycles. The minimum atomic E-state index is -0.359. The number of carbonyl (C=O) groups excluding carboxylic acids is 2. The molecule has 34 heavy (non-hydrogen) atoms. The van der Waals surface area contributed by atoms with Crippen LogP contribution in [0.1, 0.15) is 75.6 Å². The fourth-order valence-electron chi connectivity index (χ4n) is 3.28. The van der Waals surface area contributed by atoms with Crippen molar-refractivity contribution in [3.63, 3.8) is 0 Å². The summed E-state index contributed by atoms with van der Waals surface area (Å²) in [6.07, 6.45) is 7.84. The predicted molar refractivity (Wildman–Crippen MR) is 147 cm³/mol. The van der Waals surface area contributed by atoms with Gasteiger partial charge < -0.3 is 15.4 Å². The lowest BCUT2D eigenvalue weighted by atomic mass is 10.2. The van der Waals surface area contributed by atoms with Crippen LogP contribution in [0.2, 0.25) is 0 Å². The van der Waals surface area contributed by atoms with Crippen LogP contribution in [-0.4, -0.2) is 23.5 Å². The van der Waals surface area contributed by atoms with Crippen molar-refractivity contribution in [2.24, 2.45) is 0 Å². The molecule has 2 rings (SSSR count). The average molecular weight is 549 g/mol. The number of thiocarbonyl (C=S) groups is 1. The average Bonchev–Trinajstić information content (AvgIpc) is 2.80. The van der Waals surface area contributed by atoms with Gasteiger partial charge in [-0.05, 0) is 61.5 Å². The zero-order valence-corrected chi connectivity index (χ0v) is 22.3. The number of benzene rings is 2. The monoisotopic (exact) mass is 547 g/mol. The smallest absolute Gasteiger partial charge is 0.261 e. The highest BCUT2D eigenvalue weighted by atomic mass is 79.9. The molecule has 0 spiro atoms. The Morgan fingerprint density at radius 1 is 0.912 bits per heavy atom. The Bertz CT molecular complexity index is 968. The van der Waals surface area contributed by atoms with Crippen LogP contribution in [0.4, 0.5) is 11.4 Å². The first-order chi connectivity index (χ1) is 16.4. The first-order valence-electron chi connectivity index (χ1n) is 11.9. The van der Waals surface area contributed by atoms with E-state index in [1.165, 1.54) is 6.42 Å². The first-order valence-corrected chi connectivity index (χ1v) is 13.1. The number of nitrogens with one attached hydrogen (secondary N) is 3. The maximum Gasteiger partial charge on any atom is 0.261 e. The molecule has 0 aliphatic carbocycles. The SMILES string of the molecule is CCCCCCOc1ccc(Br)cc1C(=O)NC(=S)Nc1cccc(NC(=O)CCCCC)c1. The van der Waals surface area contributed by atoms with Gasteiger partial charge in [-0.1, -0.05) is 67.9 Å². The summed E-state index contributed by atoms with van der Waals surface area (Å²) >= 11 is 8.76. The molecular weight excluding hydrogens is 514 g/mol. The van der Waals surface area contributed by atoms with Crippen LogP contribution in [0.15, 0.2) is 46.9 Å². The Morgan fingerprint density at radius 2 is 1.62 bits per heavy atom. The van der Waals surface area contributed by atoms with Crippen molar-refractivity contribution < 1.29 is 14.3 Å². The van der Waals surface area contributed by atoms with Crippen LogP contribution in [0, 0.1) is 0 Å². The number of hydrogen-bond acceptors (Lipinski definition) is 4. The Morgan fingerprint density at radius 3 is 2.35 bits per heavy atom. The van der Waals surface area contributed by atoms with Crippen molar-refractivity contribution in [2.75, 3.05) is 17.2 Å². The van der Waals surface area contributed by atoms with Gasteiger partial charge in [0.05, 0.1) is 12.2 Å². The van der Waals surface area contributed by atoms with Crippen molar-refractivity contribution in [3.05, 3.63) is 52.5 Å². The maximum atomic E-state index is 12.9. The van der Waals surface area contributed by atoms with Crippen LogP contribution in [0.3, 0.4) is 0 Å². The van der Waals surface area contributed by atoms with Crippen LogP contribution in [0.25, 0.3) is 0 Å². The lowest BCUT2D eigenvalue weighted by molar-refractivity contribution is -0.116. The van der Waals surface area contributed by atoms with Gasteiger partial charge in [-0.3, -0.25) is 14.9 Å². The molecule has 0 radical (unpaired) electrons. The molecule has 0 bridgehead atoms. The zero-order chi connectivity index (χ0) is 24.8. The quantitative estimate of drug-likeness (QED) is 0.185. The van der Waals surface area contributed by atoms with Crippen LogP contribution < -0.4 is 20.7 Å². The van der Waals surface area contributed by atoms with E-state index in [4.69, 9.17) is 17.0 Å². The molecule has 0 fully saturated rings. The van der Waals surface area contributed by atoms with Gasteiger partial charge in [-0.2, -0.15) is 0 Å². The molecular formula is C26H34BrN3O3S. The summed E-state index contributed by atoms with van der Waals surface area (Å²) in [5, 5.41) is 8.77. The van der Waals surface area contributed by atoms with E-state index >= 15 is 0 Å². The summed E-state index contributed by atoms with van der Waals surface area (Å²) in [5.74, 6) is 0.147. The zero-order valence-electron chi connectivity index (χ0n) is 19.9. The molecule has 2 aromatic rings. The number of ether oxygens (including phenoxy) is 1. The van der Waals surface area contributed by atoms with Crippen molar-refractivity contribution >= 4 is 56.4 Å². The second-order valence-corrected chi connectivity index (χ2v) is 9.37. The number of hydrogen-bond donors (Lipinski definition) is 3. The minimum absolute atomic E-state index is 0.0154. The second kappa shape index (κ2) is 15.5. The number of halogens is 1. The van der Waals surface area contributed by atoms with Crippen LogP contribution >= 0.6 is 28.1 Å². The molecule has 2 amide bonds. The van der Waals surface area contributed by atoms with E-state index in [9.17, 15) is 9.59 Å². The minimum Gasteiger partial charge on any atom is -0.493 e. The third-order valence-corrected chi connectivity index (χ3v) is 5.78. The summed E-state index contributed by atoms with van der Waals surface area (Å²) in [7, 11) is 0. The number of unbranched alkanes of at least 4 members (excludes halogenated alkanes) is 5. The lowest BCUT2D eigenvalue weighted by Gasteiger charge is -2.14. The van der Waals surface area contributed by atoms with Crippen LogP contribution in [-0.2, 0) is 4.79 Å². The van der Waals surface area contributed by atoms with Gasteiger partial charge >= 0.3 is 0 Å². The standard InChI is InChI=1S/C26H34BrN3O3S/c1-3-5-7-9-16-33-23-15-14-19(27)17-22(23)25(32)30-26(34)29-21-12-10-11-20(18-21)28-24(31)13-8-6-4-2/h10-12,14-15,17-18H,3-9,13,16H2,1-2H3,(H,28,31)(H2,29,30,32,34). The van der Waals surface area contributed by atoms with E-state index in [1.807, 2.05) is 24.3 Å². The predicted octanol–water partition coefficient (Wildman–Crippen LogP) is 7.05. The number of anilines is 2. The molecule has 2 aromatic carbocycles. The van der Waals surface area contributed by atoms with E-state index < -0.39 is 0 Å².